The van der Waals surface area contributed by atoms with Crippen LogP contribution in [0.2, 0.25) is 10.0 Å². The molecule has 4 N–H and O–H groups in total. The van der Waals surface area contributed by atoms with Crippen molar-refractivity contribution in [2.45, 2.75) is 38.8 Å². The summed E-state index contributed by atoms with van der Waals surface area (Å²) in [6.07, 6.45) is 2.97. The topological polar surface area (TPSA) is 147 Å². The Morgan fingerprint density at radius 3 is 2.24 bits per heavy atom. The second-order valence-corrected chi connectivity index (χ2v) is 9.27. The normalized spacial score (nSPS) is 11.9. The van der Waals surface area contributed by atoms with Crippen LogP contribution < -0.4 is 26.8 Å². The van der Waals surface area contributed by atoms with E-state index in [9.17, 15) is 24.3 Å². The van der Waals surface area contributed by atoms with Crippen molar-refractivity contribution in [3.05, 3.63) is 78.3 Å². The summed E-state index contributed by atoms with van der Waals surface area (Å²) in [5, 5.41) is 18.1. The second-order valence-electron chi connectivity index (χ2n) is 8.46. The van der Waals surface area contributed by atoms with Crippen LogP contribution in [0, 0.1) is 0 Å². The lowest BCUT2D eigenvalue weighted by Crippen LogP contribution is -2.38. The van der Waals surface area contributed by atoms with Crippen LogP contribution in [0.25, 0.3) is 0 Å². The number of pyridine rings is 1. The first-order valence-electron chi connectivity index (χ1n) is 11.5. The van der Waals surface area contributed by atoms with E-state index in [-0.39, 0.29) is 39.5 Å². The average Bonchev–Trinajstić information content (AvgIpc) is 2.84. The van der Waals surface area contributed by atoms with Crippen LogP contribution in [0.3, 0.4) is 0 Å². The van der Waals surface area contributed by atoms with Crippen LogP contribution in [-0.2, 0) is 9.53 Å². The number of nitrogens with one attached hydrogen (secondary N) is 3. The molecule has 1 aromatic heterocycles. The van der Waals surface area contributed by atoms with E-state index >= 15 is 0 Å². The zero-order chi connectivity index (χ0) is 27.1. The van der Waals surface area contributed by atoms with E-state index in [1.807, 2.05) is 13.8 Å². The van der Waals surface area contributed by atoms with Gasteiger partial charge in [0.2, 0.25) is 0 Å². The van der Waals surface area contributed by atoms with Crippen molar-refractivity contribution in [2.75, 3.05) is 29.1 Å². The number of aliphatic carboxylic acids is 1. The van der Waals surface area contributed by atoms with Gasteiger partial charge in [-0.3, -0.25) is 24.2 Å². The monoisotopic (exact) mass is 548 g/mol. The van der Waals surface area contributed by atoms with E-state index in [1.54, 1.807) is 24.3 Å². The number of hydrogen-bond acceptors (Lipinski definition) is 8. The highest BCUT2D eigenvalue weighted by atomic mass is 35.5. The summed E-state index contributed by atoms with van der Waals surface area (Å²) in [6, 6.07) is 5.55. The summed E-state index contributed by atoms with van der Waals surface area (Å²) in [4.78, 5) is 52.2. The highest BCUT2D eigenvalue weighted by molar-refractivity contribution is 6.40. The van der Waals surface area contributed by atoms with Crippen molar-refractivity contribution in [3.8, 4) is 0 Å². The Morgan fingerprint density at radius 2 is 1.65 bits per heavy atom. The van der Waals surface area contributed by atoms with E-state index in [1.165, 1.54) is 12.4 Å². The fourth-order valence-electron chi connectivity index (χ4n) is 3.52. The van der Waals surface area contributed by atoms with Gasteiger partial charge in [0.1, 0.15) is 11.4 Å². The summed E-state index contributed by atoms with van der Waals surface area (Å²) >= 11 is 12.1. The number of amides is 1. The number of benzene rings is 1. The molecule has 3 rings (SSSR count). The maximum atomic E-state index is 12.6. The van der Waals surface area contributed by atoms with Crippen LogP contribution in [0.4, 0.5) is 17.1 Å². The molecule has 0 aliphatic rings. The molecule has 0 radical (unpaired) electrons. The van der Waals surface area contributed by atoms with E-state index < -0.39 is 28.8 Å². The highest BCUT2D eigenvalue weighted by Gasteiger charge is 2.25. The van der Waals surface area contributed by atoms with E-state index in [2.05, 4.69) is 20.9 Å². The Balaban J connectivity index is 1.71. The Kier molecular flexibility index (Phi) is 9.62. The molecule has 1 atom stereocenters. The van der Waals surface area contributed by atoms with Crippen LogP contribution >= 0.6 is 23.2 Å². The first-order chi connectivity index (χ1) is 17.6. The number of aromatic nitrogens is 1. The summed E-state index contributed by atoms with van der Waals surface area (Å²) < 4.78 is 5.46. The van der Waals surface area contributed by atoms with Crippen molar-refractivity contribution in [3.63, 3.8) is 0 Å². The number of ether oxygens (including phenoxy) is 1. The predicted molar refractivity (Wildman–Crippen MR) is 143 cm³/mol. The Morgan fingerprint density at radius 1 is 1.03 bits per heavy atom. The van der Waals surface area contributed by atoms with E-state index in [0.29, 0.717) is 30.8 Å². The first-order valence-corrected chi connectivity index (χ1v) is 12.2. The van der Waals surface area contributed by atoms with Crippen molar-refractivity contribution >= 4 is 52.1 Å². The molecule has 0 bridgehead atoms. The van der Waals surface area contributed by atoms with Crippen molar-refractivity contribution < 1.29 is 19.4 Å². The summed E-state index contributed by atoms with van der Waals surface area (Å²) in [6.45, 7) is 4.74. The molecule has 10 nitrogen and oxygen atoms in total. The van der Waals surface area contributed by atoms with Gasteiger partial charge in [0.15, 0.2) is 0 Å². The second kappa shape index (κ2) is 12.7. The lowest BCUT2D eigenvalue weighted by molar-refractivity contribution is -0.137. The third-order valence-electron chi connectivity index (χ3n) is 5.33. The molecule has 12 heteroatoms. The van der Waals surface area contributed by atoms with Gasteiger partial charge < -0.3 is 25.8 Å². The molecule has 2 aromatic carbocycles. The first kappa shape index (κ1) is 28.1. The fourth-order valence-corrected chi connectivity index (χ4v) is 4.06. The summed E-state index contributed by atoms with van der Waals surface area (Å²) in [5.74, 6) is -1.64. The van der Waals surface area contributed by atoms with Gasteiger partial charge in [-0.05, 0) is 38.0 Å². The maximum absolute atomic E-state index is 12.6. The molecule has 0 aliphatic heterocycles. The van der Waals surface area contributed by atoms with Gasteiger partial charge >= 0.3 is 5.97 Å². The van der Waals surface area contributed by atoms with Gasteiger partial charge in [0.05, 0.1) is 34.2 Å². The molecule has 0 fully saturated rings. The number of carboxylic acid groups (broad SMARTS) is 1. The van der Waals surface area contributed by atoms with Gasteiger partial charge in [-0.15, -0.1) is 0 Å². The summed E-state index contributed by atoms with van der Waals surface area (Å²) in [7, 11) is 0. The minimum Gasteiger partial charge on any atom is -0.481 e. The molecule has 0 saturated heterocycles. The maximum Gasteiger partial charge on any atom is 0.305 e. The largest absolute Gasteiger partial charge is 0.481 e. The number of carbonyl (C=O) groups is 2. The third-order valence-corrected chi connectivity index (χ3v) is 5.91. The molecule has 1 unspecified atom stereocenters. The molecule has 3 aromatic rings. The molecule has 0 saturated carbocycles. The number of hydrogen-bond donors (Lipinski definition) is 4. The fraction of sp³-hybridized carbons (Fsp3) is 0.320. The standard InChI is InChI=1S/C25H26Cl2N4O6/c1-13(2)37-9-3-8-29-21-22(24(35)23(21)34)31-18(10-19(32)33)14-4-6-15(7-5-14)30-25(36)20-16(26)11-28-12-17(20)27/h4-7,11-13,18,29,31H,3,8-10H2,1-2H3,(H,30,36)(H,32,33). The molecular formula is C25H26Cl2N4O6. The quantitative estimate of drug-likeness (QED) is 0.183. The van der Waals surface area contributed by atoms with Crippen molar-refractivity contribution in [1.29, 1.82) is 0 Å². The molecule has 1 amide bonds. The lowest BCUT2D eigenvalue weighted by Gasteiger charge is -2.22. The lowest BCUT2D eigenvalue weighted by atomic mass is 10.0. The van der Waals surface area contributed by atoms with Gasteiger partial charge in [-0.2, -0.15) is 0 Å². The average molecular weight is 549 g/mol. The number of carbonyl (C=O) groups excluding carboxylic acids is 1. The minimum atomic E-state index is -1.10. The molecule has 196 valence electrons. The number of carboxylic acids is 1. The van der Waals surface area contributed by atoms with Crippen LogP contribution in [0.1, 0.15) is 48.7 Å². The number of rotatable bonds is 13. The van der Waals surface area contributed by atoms with Crippen molar-refractivity contribution in [2.24, 2.45) is 0 Å². The number of anilines is 3. The Bertz CT molecular complexity index is 1320. The summed E-state index contributed by atoms with van der Waals surface area (Å²) in [5.41, 5.74) is -0.195. The highest BCUT2D eigenvalue weighted by Crippen LogP contribution is 2.28. The minimum absolute atomic E-state index is 0.0420. The van der Waals surface area contributed by atoms with Gasteiger partial charge in [0, 0.05) is 31.2 Å². The van der Waals surface area contributed by atoms with Gasteiger partial charge in [-0.25, -0.2) is 0 Å². The zero-order valence-corrected chi connectivity index (χ0v) is 21.7. The van der Waals surface area contributed by atoms with E-state index in [4.69, 9.17) is 27.9 Å². The zero-order valence-electron chi connectivity index (χ0n) is 20.1. The molecular weight excluding hydrogens is 523 g/mol. The number of nitrogens with zero attached hydrogens (tertiary/aromatic N) is 1. The molecule has 1 heterocycles. The van der Waals surface area contributed by atoms with Crippen LogP contribution in [0.15, 0.2) is 46.2 Å². The van der Waals surface area contributed by atoms with Crippen LogP contribution in [0.5, 0.6) is 0 Å². The predicted octanol–water partition coefficient (Wildman–Crippen LogP) is 4.09. The SMILES string of the molecule is CC(C)OCCCNc1c(NC(CC(=O)O)c2ccc(NC(=O)c3c(Cl)cncc3Cl)cc2)c(=O)c1=O. The van der Waals surface area contributed by atoms with Crippen molar-refractivity contribution in [1.82, 2.24) is 4.98 Å². The van der Waals surface area contributed by atoms with E-state index in [0.717, 1.165) is 0 Å². The molecule has 37 heavy (non-hydrogen) atoms. The Labute approximate surface area is 222 Å². The van der Waals surface area contributed by atoms with Gasteiger partial charge in [0.25, 0.3) is 16.8 Å². The third kappa shape index (κ3) is 7.28. The molecule has 0 spiro atoms. The molecule has 0 aliphatic carbocycles. The van der Waals surface area contributed by atoms with Gasteiger partial charge in [-0.1, -0.05) is 35.3 Å². The Hall–Kier alpha value is -3.47. The smallest absolute Gasteiger partial charge is 0.305 e. The number of halogens is 2. The van der Waals surface area contributed by atoms with Crippen LogP contribution in [-0.4, -0.2) is 41.2 Å².